The van der Waals surface area contributed by atoms with Crippen LogP contribution in [0.2, 0.25) is 0 Å². The van der Waals surface area contributed by atoms with Gasteiger partial charge in [0.1, 0.15) is 11.2 Å². The van der Waals surface area contributed by atoms with Gasteiger partial charge >= 0.3 is 0 Å². The normalized spacial score (nSPS) is 11.3. The molecule has 0 fully saturated rings. The highest BCUT2D eigenvalue weighted by molar-refractivity contribution is 6.13. The maximum absolute atomic E-state index is 6.47. The molecule has 0 atom stereocenters. The Morgan fingerprint density at radius 1 is 0.295 bits per heavy atom. The Balaban J connectivity index is 0.00000108. The van der Waals surface area contributed by atoms with Crippen LogP contribution in [0.15, 0.2) is 211 Å². The molecule has 0 unspecified atom stereocenters. The van der Waals surface area contributed by atoms with E-state index in [1.54, 1.807) is 0 Å². The highest BCUT2D eigenvalue weighted by Crippen LogP contribution is 2.40. The Morgan fingerprint density at radius 2 is 0.754 bits per heavy atom. The number of nitrogens with two attached hydrogens (primary N) is 1. The van der Waals surface area contributed by atoms with Crippen molar-refractivity contribution in [2.24, 2.45) is 5.73 Å². The molecule has 0 saturated carbocycles. The monoisotopic (exact) mass is 787 g/mol. The van der Waals surface area contributed by atoms with Crippen molar-refractivity contribution in [3.05, 3.63) is 206 Å². The molecular formula is C57H45N3O. The van der Waals surface area contributed by atoms with Crippen LogP contribution >= 0.6 is 0 Å². The summed E-state index contributed by atoms with van der Waals surface area (Å²) in [4.78, 5) is 0. The molecule has 4 nitrogen and oxygen atoms in total. The van der Waals surface area contributed by atoms with E-state index in [9.17, 15) is 0 Å². The molecule has 0 aliphatic rings. The number of fused-ring (bicyclic) bond motifs is 9. The van der Waals surface area contributed by atoms with Crippen LogP contribution in [0.3, 0.4) is 0 Å². The molecule has 0 aliphatic heterocycles. The number of para-hydroxylation sites is 3. The van der Waals surface area contributed by atoms with Gasteiger partial charge in [-0.25, -0.2) is 0 Å². The lowest BCUT2D eigenvalue weighted by atomic mass is 9.98. The average molecular weight is 788 g/mol. The highest BCUT2D eigenvalue weighted by Gasteiger charge is 2.17. The Bertz CT molecular complexity index is 3520. The first-order chi connectivity index (χ1) is 30.2. The predicted molar refractivity (Wildman–Crippen MR) is 260 cm³/mol. The van der Waals surface area contributed by atoms with Gasteiger partial charge in [0.2, 0.25) is 0 Å². The minimum Gasteiger partial charge on any atom is -0.456 e. The molecule has 61 heavy (non-hydrogen) atoms. The number of hydrogen-bond acceptors (Lipinski definition) is 2. The molecule has 12 aromatic rings. The largest absolute Gasteiger partial charge is 0.456 e. The van der Waals surface area contributed by atoms with Crippen LogP contribution in [0.25, 0.3) is 110 Å². The van der Waals surface area contributed by atoms with Crippen molar-refractivity contribution in [1.82, 2.24) is 9.13 Å². The molecule has 294 valence electrons. The summed E-state index contributed by atoms with van der Waals surface area (Å²) in [7, 11) is 1.50. The Kier molecular flexibility index (Phi) is 9.76. The van der Waals surface area contributed by atoms with Crippen molar-refractivity contribution in [2.45, 2.75) is 13.8 Å². The second-order valence-corrected chi connectivity index (χ2v) is 14.9. The fraction of sp³-hybridized carbons (Fsp3) is 0.0526. The lowest BCUT2D eigenvalue weighted by Gasteiger charge is -2.10. The quantitative estimate of drug-likeness (QED) is 0.189. The maximum Gasteiger partial charge on any atom is 0.135 e. The standard InChI is InChI=1S/C54H34N2O.C2H6.CH5N/c1-3-12-35(13-4-1)36-14-11-15-37(30-36)38-23-27-51-46(31-38)44-19-8-10-21-50(44)56(51)42-25-29-54-48(34-42)47-32-39(24-28-53(47)57-54)40-22-26-45-43-18-7-9-20-49(43)55(52(45)33-40)41-16-5-2-6-17-41;2*1-2/h1-34H;1-2H3;2H2,1H3. The van der Waals surface area contributed by atoms with E-state index in [4.69, 9.17) is 4.42 Å². The van der Waals surface area contributed by atoms with Crippen molar-refractivity contribution < 1.29 is 4.42 Å². The third-order valence-corrected chi connectivity index (χ3v) is 11.7. The van der Waals surface area contributed by atoms with Gasteiger partial charge in [0.05, 0.1) is 22.1 Å². The number of nitrogens with zero attached hydrogens (tertiary/aromatic N) is 2. The van der Waals surface area contributed by atoms with Gasteiger partial charge in [0.25, 0.3) is 0 Å². The zero-order chi connectivity index (χ0) is 41.5. The van der Waals surface area contributed by atoms with Crippen LogP contribution in [0.4, 0.5) is 0 Å². The van der Waals surface area contributed by atoms with Gasteiger partial charge < -0.3 is 19.3 Å². The van der Waals surface area contributed by atoms with E-state index >= 15 is 0 Å². The molecule has 0 spiro atoms. The van der Waals surface area contributed by atoms with Crippen LogP contribution in [-0.2, 0) is 0 Å². The van der Waals surface area contributed by atoms with Crippen LogP contribution in [0, 0.1) is 0 Å². The van der Waals surface area contributed by atoms with Crippen molar-refractivity contribution in [1.29, 1.82) is 0 Å². The second-order valence-electron chi connectivity index (χ2n) is 14.9. The van der Waals surface area contributed by atoms with E-state index in [0.29, 0.717) is 0 Å². The van der Waals surface area contributed by atoms with Crippen molar-refractivity contribution in [3.63, 3.8) is 0 Å². The summed E-state index contributed by atoms with van der Waals surface area (Å²) in [6, 6.07) is 74.5. The zero-order valence-corrected chi connectivity index (χ0v) is 34.5. The molecule has 4 heteroatoms. The second kappa shape index (κ2) is 15.8. The van der Waals surface area contributed by atoms with Crippen LogP contribution in [0.5, 0.6) is 0 Å². The third-order valence-electron chi connectivity index (χ3n) is 11.7. The minimum atomic E-state index is 0.881. The molecule has 0 amide bonds. The van der Waals surface area contributed by atoms with Gasteiger partial charge in [-0.3, -0.25) is 0 Å². The summed E-state index contributed by atoms with van der Waals surface area (Å²) in [5.74, 6) is 0. The summed E-state index contributed by atoms with van der Waals surface area (Å²) in [6.45, 7) is 4.00. The topological polar surface area (TPSA) is 49.0 Å². The summed E-state index contributed by atoms with van der Waals surface area (Å²) < 4.78 is 11.2. The lowest BCUT2D eigenvalue weighted by Crippen LogP contribution is -1.93. The molecule has 0 aliphatic carbocycles. The zero-order valence-electron chi connectivity index (χ0n) is 34.5. The highest BCUT2D eigenvalue weighted by atomic mass is 16.3. The van der Waals surface area contributed by atoms with Gasteiger partial charge in [0.15, 0.2) is 0 Å². The number of rotatable bonds is 5. The first-order valence-electron chi connectivity index (χ1n) is 21.1. The Morgan fingerprint density at radius 3 is 1.48 bits per heavy atom. The molecule has 0 radical (unpaired) electrons. The third kappa shape index (κ3) is 6.37. The molecule has 12 rings (SSSR count). The van der Waals surface area contributed by atoms with E-state index in [2.05, 4.69) is 221 Å². The molecule has 0 saturated heterocycles. The van der Waals surface area contributed by atoms with E-state index in [0.717, 1.165) is 38.9 Å². The smallest absolute Gasteiger partial charge is 0.135 e. The van der Waals surface area contributed by atoms with Crippen LogP contribution in [0.1, 0.15) is 13.8 Å². The van der Waals surface area contributed by atoms with E-state index in [1.165, 1.54) is 78.5 Å². The molecule has 3 heterocycles. The summed E-state index contributed by atoms with van der Waals surface area (Å²) in [5, 5.41) is 7.17. The van der Waals surface area contributed by atoms with Gasteiger partial charge in [-0.2, -0.15) is 0 Å². The molecule has 9 aromatic carbocycles. The number of benzene rings is 9. The fourth-order valence-corrected chi connectivity index (χ4v) is 9.03. The van der Waals surface area contributed by atoms with Crippen LogP contribution in [-0.4, -0.2) is 16.2 Å². The van der Waals surface area contributed by atoms with Gasteiger partial charge in [-0.1, -0.05) is 141 Å². The summed E-state index contributed by atoms with van der Waals surface area (Å²) >= 11 is 0. The van der Waals surface area contributed by atoms with Crippen LogP contribution < -0.4 is 5.73 Å². The van der Waals surface area contributed by atoms with E-state index in [1.807, 2.05) is 13.8 Å². The maximum atomic E-state index is 6.47. The van der Waals surface area contributed by atoms with Gasteiger partial charge in [-0.05, 0) is 119 Å². The first kappa shape index (κ1) is 37.6. The Hall–Kier alpha value is -7.66. The summed E-state index contributed by atoms with van der Waals surface area (Å²) in [6.07, 6.45) is 0. The predicted octanol–water partition coefficient (Wildman–Crippen LogP) is 15.4. The minimum absolute atomic E-state index is 0.881. The molecule has 0 bridgehead atoms. The van der Waals surface area contributed by atoms with Crippen molar-refractivity contribution in [3.8, 4) is 44.8 Å². The first-order valence-corrected chi connectivity index (χ1v) is 21.1. The fourth-order valence-electron chi connectivity index (χ4n) is 9.03. The Labute approximate surface area is 355 Å². The number of aromatic nitrogens is 2. The average Bonchev–Trinajstić information content (AvgIpc) is 4.00. The van der Waals surface area contributed by atoms with Gasteiger partial charge in [-0.15, -0.1) is 0 Å². The van der Waals surface area contributed by atoms with Gasteiger partial charge in [0, 0.05) is 43.7 Å². The SMILES string of the molecule is CC.CN.c1ccc(-c2cccc(-c3ccc4c(c3)c3ccccc3n4-c3ccc4oc5ccc(-c6ccc7c8ccccc8n(-c8ccccc8)c7c6)cc5c4c3)c2)cc1. The summed E-state index contributed by atoms with van der Waals surface area (Å²) in [5.41, 5.74) is 20.5. The number of furan rings is 1. The number of hydrogen-bond donors (Lipinski definition) is 1. The van der Waals surface area contributed by atoms with Crippen molar-refractivity contribution >= 4 is 65.6 Å². The molecular weight excluding hydrogens is 743 g/mol. The lowest BCUT2D eigenvalue weighted by molar-refractivity contribution is 0.669. The van der Waals surface area contributed by atoms with Crippen molar-refractivity contribution in [2.75, 3.05) is 7.05 Å². The van der Waals surface area contributed by atoms with E-state index < -0.39 is 0 Å². The molecule has 2 N–H and O–H groups in total. The molecule has 3 aromatic heterocycles. The van der Waals surface area contributed by atoms with E-state index in [-0.39, 0.29) is 0 Å².